The van der Waals surface area contributed by atoms with Crippen molar-refractivity contribution in [1.29, 1.82) is 0 Å². The number of fused-ring (bicyclic) bond motifs is 1. The van der Waals surface area contributed by atoms with Crippen LogP contribution in [0.5, 0.6) is 11.5 Å². The quantitative estimate of drug-likeness (QED) is 0.520. The van der Waals surface area contributed by atoms with Crippen LogP contribution in [0, 0.1) is 12.8 Å². The van der Waals surface area contributed by atoms with E-state index in [-0.39, 0.29) is 23.9 Å². The predicted octanol–water partition coefficient (Wildman–Crippen LogP) is 3.75. The van der Waals surface area contributed by atoms with Gasteiger partial charge in [0.25, 0.3) is 11.8 Å². The number of methoxy groups -OCH3 is 2. The topological polar surface area (TPSA) is 107 Å². The van der Waals surface area contributed by atoms with Crippen molar-refractivity contribution in [2.45, 2.75) is 31.8 Å². The van der Waals surface area contributed by atoms with E-state index in [4.69, 9.17) is 15.2 Å². The van der Waals surface area contributed by atoms with Gasteiger partial charge in [-0.2, -0.15) is 0 Å². The number of thiazole rings is 1. The third-order valence-electron chi connectivity index (χ3n) is 6.72. The number of nitrogens with zero attached hydrogens (tertiary/aromatic N) is 2. The first kappa shape index (κ1) is 23.2. The van der Waals surface area contributed by atoms with E-state index in [2.05, 4.69) is 10.3 Å². The number of ether oxygens (including phenoxy) is 2. The predicted molar refractivity (Wildman–Crippen MR) is 135 cm³/mol. The van der Waals surface area contributed by atoms with Crippen LogP contribution < -0.4 is 20.5 Å². The Labute approximate surface area is 208 Å². The van der Waals surface area contributed by atoms with E-state index in [1.807, 2.05) is 36.1 Å². The molecule has 3 aromatic rings. The molecular weight excluding hydrogens is 464 g/mol. The summed E-state index contributed by atoms with van der Waals surface area (Å²) in [5, 5.41) is 3.36. The minimum absolute atomic E-state index is 0.111. The summed E-state index contributed by atoms with van der Waals surface area (Å²) >= 11 is 1.33. The summed E-state index contributed by atoms with van der Waals surface area (Å²) in [6, 6.07) is 13.2. The first-order valence-electron chi connectivity index (χ1n) is 11.6. The fraction of sp³-hybridized carbons (Fsp3) is 0.346. The monoisotopic (exact) mass is 492 g/mol. The maximum Gasteiger partial charge on any atom is 0.274 e. The third kappa shape index (κ3) is 4.43. The number of anilines is 1. The van der Waals surface area contributed by atoms with Gasteiger partial charge in [0, 0.05) is 12.6 Å². The van der Waals surface area contributed by atoms with Crippen molar-refractivity contribution >= 4 is 28.3 Å². The number of rotatable bonds is 7. The molecule has 1 saturated heterocycles. The molecule has 8 nitrogen and oxygen atoms in total. The average molecular weight is 493 g/mol. The van der Waals surface area contributed by atoms with Crippen LogP contribution in [-0.2, 0) is 0 Å². The Kier molecular flexibility index (Phi) is 6.10. The number of hydrogen-bond donors (Lipinski definition) is 2. The van der Waals surface area contributed by atoms with Crippen LogP contribution in [0.2, 0.25) is 0 Å². The summed E-state index contributed by atoms with van der Waals surface area (Å²) in [6.45, 7) is 2.36. The first-order valence-corrected chi connectivity index (χ1v) is 12.4. The molecule has 9 heteroatoms. The molecule has 1 saturated carbocycles. The molecule has 1 aliphatic heterocycles. The van der Waals surface area contributed by atoms with Gasteiger partial charge in [0.1, 0.15) is 17.2 Å². The molecule has 2 fully saturated rings. The Morgan fingerprint density at radius 2 is 2.00 bits per heavy atom. The zero-order valence-electron chi connectivity index (χ0n) is 19.9. The Balaban J connectivity index is 1.36. The summed E-state index contributed by atoms with van der Waals surface area (Å²) in [4.78, 5) is 33.8. The van der Waals surface area contributed by atoms with Crippen molar-refractivity contribution in [3.05, 3.63) is 59.3 Å². The molecule has 3 atom stereocenters. The molecule has 182 valence electrons. The molecule has 3 N–H and O–H groups in total. The molecule has 2 unspecified atom stereocenters. The van der Waals surface area contributed by atoms with E-state index in [9.17, 15) is 9.59 Å². The summed E-state index contributed by atoms with van der Waals surface area (Å²) in [5.74, 6) is 1.10. The van der Waals surface area contributed by atoms with Crippen molar-refractivity contribution in [3.8, 4) is 21.9 Å². The van der Waals surface area contributed by atoms with E-state index in [0.29, 0.717) is 40.4 Å². The number of amides is 2. The largest absolute Gasteiger partial charge is 0.497 e. The Bertz CT molecular complexity index is 1290. The number of nitrogen functional groups attached to an aromatic ring is 1. The lowest BCUT2D eigenvalue weighted by Gasteiger charge is -2.27. The van der Waals surface area contributed by atoms with Gasteiger partial charge in [-0.15, -0.1) is 0 Å². The number of aryl methyl sites for hydroxylation is 1. The molecule has 2 heterocycles. The second kappa shape index (κ2) is 9.22. The van der Waals surface area contributed by atoms with Crippen LogP contribution >= 0.6 is 11.3 Å². The normalized spacial score (nSPS) is 20.3. The molecule has 35 heavy (non-hydrogen) atoms. The van der Waals surface area contributed by atoms with Crippen molar-refractivity contribution in [2.75, 3.05) is 26.5 Å². The molecule has 0 radical (unpaired) electrons. The summed E-state index contributed by atoms with van der Waals surface area (Å²) < 4.78 is 10.6. The Morgan fingerprint density at radius 1 is 1.17 bits per heavy atom. The number of piperidine rings is 1. The van der Waals surface area contributed by atoms with Gasteiger partial charge in [-0.1, -0.05) is 41.2 Å². The molecule has 2 aliphatic rings. The van der Waals surface area contributed by atoms with Crippen molar-refractivity contribution in [1.82, 2.24) is 15.2 Å². The molecular formula is C26H28N4O4S. The fourth-order valence-corrected chi connectivity index (χ4v) is 5.76. The van der Waals surface area contributed by atoms with Crippen LogP contribution in [0.15, 0.2) is 42.5 Å². The zero-order valence-corrected chi connectivity index (χ0v) is 20.7. The lowest BCUT2D eigenvalue weighted by molar-refractivity contribution is 0.0684. The molecule has 1 aromatic heterocycles. The highest BCUT2D eigenvalue weighted by molar-refractivity contribution is 7.19. The number of carbonyl (C=O) groups excluding carboxylic acids is 2. The second-order valence-corrected chi connectivity index (χ2v) is 10.1. The maximum absolute atomic E-state index is 13.8. The summed E-state index contributed by atoms with van der Waals surface area (Å²) in [5.41, 5.74) is 8.85. The summed E-state index contributed by atoms with van der Waals surface area (Å²) in [6.07, 6.45) is 1.84. The molecule has 0 spiro atoms. The number of nitrogens with one attached hydrogen (secondary N) is 1. The number of aromatic nitrogens is 1. The second-order valence-electron chi connectivity index (χ2n) is 9.04. The van der Waals surface area contributed by atoms with E-state index >= 15 is 0 Å². The smallest absolute Gasteiger partial charge is 0.274 e. The standard InChI is InChI=1S/C26H28N4O4S/c1-14-5-4-6-15(9-14)23-22(29-26(27)35-23)25(32)30-17(10-16-11-20(16)30)13-28-24(31)19-12-18(33-2)7-8-21(19)34-3/h4-9,12,16-17,20H,10-11,13H2,1-3H3,(H2,27,29)(H,28,31)/t16?,17?,20-/m0/s1. The lowest BCUT2D eigenvalue weighted by Crippen LogP contribution is -2.45. The van der Waals surface area contributed by atoms with Crippen molar-refractivity contribution in [2.24, 2.45) is 5.92 Å². The average Bonchev–Trinajstić information content (AvgIpc) is 3.35. The molecule has 2 amide bonds. The van der Waals surface area contributed by atoms with Crippen LogP contribution in [0.1, 0.15) is 39.3 Å². The van der Waals surface area contributed by atoms with Gasteiger partial charge < -0.3 is 25.4 Å². The molecule has 0 bridgehead atoms. The van der Waals surface area contributed by atoms with Crippen LogP contribution in [0.3, 0.4) is 0 Å². The number of nitrogens with two attached hydrogens (primary N) is 1. The third-order valence-corrected chi connectivity index (χ3v) is 7.65. The Morgan fingerprint density at radius 3 is 2.74 bits per heavy atom. The van der Waals surface area contributed by atoms with E-state index in [1.54, 1.807) is 25.3 Å². The van der Waals surface area contributed by atoms with Gasteiger partial charge in [-0.3, -0.25) is 9.59 Å². The van der Waals surface area contributed by atoms with Gasteiger partial charge >= 0.3 is 0 Å². The SMILES string of the molecule is COc1ccc(OC)c(C(=O)NCC2CC3C[C@@H]3N2C(=O)c2nc(N)sc2-c2cccc(C)c2)c1. The van der Waals surface area contributed by atoms with Gasteiger partial charge in [-0.25, -0.2) is 4.98 Å². The van der Waals surface area contributed by atoms with Crippen LogP contribution in [0.25, 0.3) is 10.4 Å². The van der Waals surface area contributed by atoms with Gasteiger partial charge in [-0.05, 0) is 49.4 Å². The number of benzene rings is 2. The molecule has 2 aromatic carbocycles. The van der Waals surface area contributed by atoms with E-state index in [1.165, 1.54) is 18.4 Å². The number of likely N-dealkylation sites (tertiary alicyclic amines) is 1. The van der Waals surface area contributed by atoms with Crippen LogP contribution in [-0.4, -0.2) is 54.5 Å². The Hall–Kier alpha value is -3.59. The minimum atomic E-state index is -0.271. The highest BCUT2D eigenvalue weighted by Crippen LogP contribution is 2.49. The van der Waals surface area contributed by atoms with Gasteiger partial charge in [0.05, 0.1) is 30.7 Å². The molecule has 5 rings (SSSR count). The minimum Gasteiger partial charge on any atom is -0.497 e. The highest BCUT2D eigenvalue weighted by Gasteiger charge is 2.54. The highest BCUT2D eigenvalue weighted by atomic mass is 32.1. The van der Waals surface area contributed by atoms with Gasteiger partial charge in [0.2, 0.25) is 0 Å². The van der Waals surface area contributed by atoms with Crippen molar-refractivity contribution < 1.29 is 19.1 Å². The lowest BCUT2D eigenvalue weighted by atomic mass is 10.1. The van der Waals surface area contributed by atoms with E-state index in [0.717, 1.165) is 28.8 Å². The van der Waals surface area contributed by atoms with Crippen molar-refractivity contribution in [3.63, 3.8) is 0 Å². The first-order chi connectivity index (χ1) is 16.9. The number of carbonyl (C=O) groups is 2. The summed E-state index contributed by atoms with van der Waals surface area (Å²) in [7, 11) is 3.07. The maximum atomic E-state index is 13.8. The number of hydrogen-bond acceptors (Lipinski definition) is 7. The van der Waals surface area contributed by atoms with Crippen LogP contribution in [0.4, 0.5) is 5.13 Å². The molecule has 1 aliphatic carbocycles. The van der Waals surface area contributed by atoms with Gasteiger partial charge in [0.15, 0.2) is 5.13 Å². The zero-order chi connectivity index (χ0) is 24.7. The fourth-order valence-electron chi connectivity index (χ4n) is 4.94. The van der Waals surface area contributed by atoms with E-state index < -0.39 is 0 Å².